The molecule has 0 aliphatic carbocycles. The highest BCUT2D eigenvalue weighted by molar-refractivity contribution is 5.61. The fourth-order valence-electron chi connectivity index (χ4n) is 0.846. The van der Waals surface area contributed by atoms with Crippen molar-refractivity contribution >= 4 is 6.16 Å². The molecule has 1 aromatic carbocycles. The van der Waals surface area contributed by atoms with Gasteiger partial charge in [0.15, 0.2) is 0 Å². The summed E-state index contributed by atoms with van der Waals surface area (Å²) in [6.45, 7) is 2.18. The number of carbonyl (C=O) groups excluding carboxylic acids is 1. The van der Waals surface area contributed by atoms with Crippen LogP contribution in [0.1, 0.15) is 6.92 Å². The molecule has 0 radical (unpaired) electrons. The quantitative estimate of drug-likeness (QED) is 0.644. The van der Waals surface area contributed by atoms with E-state index >= 15 is 0 Å². The Balaban J connectivity index is 0.000000140. The number of aromatic hydroxyl groups is 1. The topological polar surface area (TPSA) is 55.8 Å². The zero-order chi connectivity index (χ0) is 10.4. The number of hydrogen-bond donors (Lipinski definition) is 1. The molecule has 0 amide bonds. The Morgan fingerprint density at radius 1 is 1.36 bits per heavy atom. The number of rotatable bonds is 0. The Labute approximate surface area is 82.1 Å². The first-order chi connectivity index (χ1) is 6.68. The van der Waals surface area contributed by atoms with E-state index in [9.17, 15) is 4.79 Å². The third-order valence-corrected chi connectivity index (χ3v) is 1.49. The van der Waals surface area contributed by atoms with Crippen molar-refractivity contribution in [3.8, 4) is 5.75 Å². The smallest absolute Gasteiger partial charge is 0.508 e. The molecule has 1 aromatic rings. The predicted molar refractivity (Wildman–Crippen MR) is 50.0 cm³/mol. The Morgan fingerprint density at radius 3 is 2.21 bits per heavy atom. The molecule has 4 nitrogen and oxygen atoms in total. The molecule has 0 bridgehead atoms. The second-order valence-electron chi connectivity index (χ2n) is 2.83. The summed E-state index contributed by atoms with van der Waals surface area (Å²) in [4.78, 5) is 10.0. The fourth-order valence-corrected chi connectivity index (χ4v) is 0.846. The van der Waals surface area contributed by atoms with E-state index < -0.39 is 6.16 Å². The molecule has 1 N–H and O–H groups in total. The van der Waals surface area contributed by atoms with E-state index in [1.54, 1.807) is 31.2 Å². The monoisotopic (exact) mass is 196 g/mol. The normalized spacial score (nSPS) is 18.9. The van der Waals surface area contributed by atoms with Gasteiger partial charge in [0.2, 0.25) is 0 Å². The van der Waals surface area contributed by atoms with Crippen molar-refractivity contribution in [3.05, 3.63) is 30.3 Å². The standard InChI is InChI=1S/C6H6O.C4H6O3/c7-6-4-2-1-3-5-6;1-3-2-6-4(5)7-3/h1-5,7H;3H,2H2,1H3. The van der Waals surface area contributed by atoms with E-state index in [1.807, 2.05) is 6.07 Å². The van der Waals surface area contributed by atoms with Crippen LogP contribution in [-0.2, 0) is 9.47 Å². The van der Waals surface area contributed by atoms with Crippen LogP contribution in [0.15, 0.2) is 30.3 Å². The van der Waals surface area contributed by atoms with Gasteiger partial charge in [0, 0.05) is 0 Å². The number of hydrogen-bond acceptors (Lipinski definition) is 4. The summed E-state index contributed by atoms with van der Waals surface area (Å²) in [7, 11) is 0. The van der Waals surface area contributed by atoms with Crippen molar-refractivity contribution in [2.75, 3.05) is 6.61 Å². The highest BCUT2D eigenvalue weighted by atomic mass is 16.8. The summed E-state index contributed by atoms with van der Waals surface area (Å²) < 4.78 is 8.90. The van der Waals surface area contributed by atoms with E-state index in [0.29, 0.717) is 12.4 Å². The van der Waals surface area contributed by atoms with Gasteiger partial charge in [-0.15, -0.1) is 0 Å². The van der Waals surface area contributed by atoms with Crippen molar-refractivity contribution in [1.29, 1.82) is 0 Å². The second-order valence-corrected chi connectivity index (χ2v) is 2.83. The number of benzene rings is 1. The lowest BCUT2D eigenvalue weighted by molar-refractivity contribution is 0.121. The first-order valence-corrected chi connectivity index (χ1v) is 4.26. The van der Waals surface area contributed by atoms with Gasteiger partial charge in [-0.2, -0.15) is 0 Å². The summed E-state index contributed by atoms with van der Waals surface area (Å²) in [5.41, 5.74) is 0. The summed E-state index contributed by atoms with van der Waals surface area (Å²) in [6, 6.07) is 8.71. The molecule has 4 heteroatoms. The minimum absolute atomic E-state index is 0.0486. The Bertz CT molecular complexity index is 283. The third-order valence-electron chi connectivity index (χ3n) is 1.49. The van der Waals surface area contributed by atoms with Crippen LogP contribution < -0.4 is 0 Å². The van der Waals surface area contributed by atoms with Gasteiger partial charge in [0.25, 0.3) is 0 Å². The highest BCUT2D eigenvalue weighted by Gasteiger charge is 2.19. The number of para-hydroxylation sites is 1. The maximum absolute atomic E-state index is 10.0. The molecular weight excluding hydrogens is 184 g/mol. The molecule has 0 aromatic heterocycles. The van der Waals surface area contributed by atoms with Crippen LogP contribution in [0.2, 0.25) is 0 Å². The number of ether oxygens (including phenoxy) is 2. The van der Waals surface area contributed by atoms with Crippen molar-refractivity contribution in [2.45, 2.75) is 13.0 Å². The van der Waals surface area contributed by atoms with Crippen molar-refractivity contribution in [3.63, 3.8) is 0 Å². The lowest BCUT2D eigenvalue weighted by atomic mass is 10.3. The lowest BCUT2D eigenvalue weighted by Crippen LogP contribution is -2.01. The largest absolute Gasteiger partial charge is 0.508 e. The van der Waals surface area contributed by atoms with E-state index in [-0.39, 0.29) is 6.10 Å². The Hall–Kier alpha value is -1.71. The molecule has 2 rings (SSSR count). The average molecular weight is 196 g/mol. The van der Waals surface area contributed by atoms with Gasteiger partial charge in [-0.3, -0.25) is 0 Å². The third kappa shape index (κ3) is 3.80. The molecule has 1 saturated heterocycles. The van der Waals surface area contributed by atoms with Gasteiger partial charge >= 0.3 is 6.16 Å². The number of phenols is 1. The van der Waals surface area contributed by atoms with Crippen molar-refractivity contribution in [2.24, 2.45) is 0 Å². The van der Waals surface area contributed by atoms with Crippen LogP contribution in [-0.4, -0.2) is 24.0 Å². The first kappa shape index (κ1) is 10.4. The van der Waals surface area contributed by atoms with E-state index in [1.165, 1.54) is 0 Å². The van der Waals surface area contributed by atoms with Crippen molar-refractivity contribution in [1.82, 2.24) is 0 Å². The molecule has 1 heterocycles. The summed E-state index contributed by atoms with van der Waals surface area (Å²) in [6.07, 6.45) is -0.597. The van der Waals surface area contributed by atoms with E-state index in [4.69, 9.17) is 5.11 Å². The van der Waals surface area contributed by atoms with Gasteiger partial charge in [-0.1, -0.05) is 18.2 Å². The maximum Gasteiger partial charge on any atom is 0.508 e. The van der Waals surface area contributed by atoms with Crippen LogP contribution >= 0.6 is 0 Å². The summed E-state index contributed by atoms with van der Waals surface area (Å²) in [5.74, 6) is 0.322. The average Bonchev–Trinajstić information content (AvgIpc) is 2.52. The van der Waals surface area contributed by atoms with Crippen LogP contribution in [0, 0.1) is 0 Å². The second kappa shape index (κ2) is 5.11. The van der Waals surface area contributed by atoms with Crippen LogP contribution in [0.4, 0.5) is 4.79 Å². The summed E-state index contributed by atoms with van der Waals surface area (Å²) in [5, 5.41) is 8.63. The minimum Gasteiger partial charge on any atom is -0.508 e. The minimum atomic E-state index is -0.549. The van der Waals surface area contributed by atoms with Gasteiger partial charge in [0.05, 0.1) is 0 Å². The molecular formula is C10H12O4. The molecule has 1 fully saturated rings. The number of phenolic OH excluding ortho intramolecular Hbond substituents is 1. The van der Waals surface area contributed by atoms with E-state index in [2.05, 4.69) is 9.47 Å². The number of cyclic esters (lactones) is 2. The highest BCUT2D eigenvalue weighted by Crippen LogP contribution is 2.03. The zero-order valence-corrected chi connectivity index (χ0v) is 7.84. The van der Waals surface area contributed by atoms with Gasteiger partial charge in [0.1, 0.15) is 18.5 Å². The Kier molecular flexibility index (Phi) is 3.79. The predicted octanol–water partition coefficient (Wildman–Crippen LogP) is 1.93. The lowest BCUT2D eigenvalue weighted by Gasteiger charge is -1.90. The molecule has 0 saturated carbocycles. The zero-order valence-electron chi connectivity index (χ0n) is 7.84. The molecule has 1 aliphatic heterocycles. The molecule has 1 atom stereocenters. The molecule has 76 valence electrons. The van der Waals surface area contributed by atoms with Crippen LogP contribution in [0.3, 0.4) is 0 Å². The fraction of sp³-hybridized carbons (Fsp3) is 0.300. The van der Waals surface area contributed by atoms with Gasteiger partial charge in [-0.25, -0.2) is 4.79 Å². The molecule has 1 aliphatic rings. The number of carbonyl (C=O) groups is 1. The Morgan fingerprint density at radius 2 is 2.00 bits per heavy atom. The summed E-state index contributed by atoms with van der Waals surface area (Å²) >= 11 is 0. The first-order valence-electron chi connectivity index (χ1n) is 4.26. The van der Waals surface area contributed by atoms with E-state index in [0.717, 1.165) is 0 Å². The van der Waals surface area contributed by atoms with Gasteiger partial charge in [-0.05, 0) is 19.1 Å². The molecule has 0 spiro atoms. The molecule has 1 unspecified atom stereocenters. The SMILES string of the molecule is CC1COC(=O)O1.Oc1ccccc1. The maximum atomic E-state index is 10.0. The molecule has 14 heavy (non-hydrogen) atoms. The van der Waals surface area contributed by atoms with Crippen molar-refractivity contribution < 1.29 is 19.4 Å². The van der Waals surface area contributed by atoms with Crippen LogP contribution in [0.25, 0.3) is 0 Å². The van der Waals surface area contributed by atoms with Gasteiger partial charge < -0.3 is 14.6 Å². The van der Waals surface area contributed by atoms with Crippen LogP contribution in [0.5, 0.6) is 5.75 Å².